The fourth-order valence-electron chi connectivity index (χ4n) is 3.43. The molecule has 1 aliphatic carbocycles. The maximum absolute atomic E-state index is 11.8. The molecular formula is C19H22N8O. The molecule has 1 aliphatic rings. The van der Waals surface area contributed by atoms with E-state index in [-0.39, 0.29) is 23.6 Å². The van der Waals surface area contributed by atoms with Gasteiger partial charge in [-0.15, -0.1) is 0 Å². The van der Waals surface area contributed by atoms with Crippen molar-refractivity contribution in [3.8, 4) is 0 Å². The summed E-state index contributed by atoms with van der Waals surface area (Å²) in [5.74, 6) is 0.156. The molecule has 4 rings (SSSR count). The Hall–Kier alpha value is -3.33. The Bertz CT molecular complexity index is 1010. The average Bonchev–Trinajstić information content (AvgIpc) is 2.70. The number of pyridine rings is 2. The molecule has 3 heterocycles. The lowest BCUT2D eigenvalue weighted by atomic mass is 9.91. The molecule has 3 aromatic heterocycles. The summed E-state index contributed by atoms with van der Waals surface area (Å²) in [5, 5.41) is 7.30. The predicted octanol–water partition coefficient (Wildman–Crippen LogP) is 1.94. The van der Waals surface area contributed by atoms with E-state index in [1.54, 1.807) is 12.4 Å². The molecule has 9 nitrogen and oxygen atoms in total. The fraction of sp³-hybridized carbons (Fsp3) is 0.316. The number of hydrogen-bond acceptors (Lipinski definition) is 8. The predicted molar refractivity (Wildman–Crippen MR) is 107 cm³/mol. The molecule has 0 bridgehead atoms. The van der Waals surface area contributed by atoms with E-state index in [0.717, 1.165) is 31.1 Å². The van der Waals surface area contributed by atoms with Gasteiger partial charge in [0.15, 0.2) is 17.2 Å². The van der Waals surface area contributed by atoms with Gasteiger partial charge in [0, 0.05) is 23.7 Å². The van der Waals surface area contributed by atoms with Gasteiger partial charge in [-0.05, 0) is 31.0 Å². The van der Waals surface area contributed by atoms with Gasteiger partial charge in [-0.25, -0.2) is 19.9 Å². The molecule has 144 valence electrons. The van der Waals surface area contributed by atoms with Gasteiger partial charge in [0.1, 0.15) is 5.82 Å². The first-order valence-electron chi connectivity index (χ1n) is 9.27. The molecule has 1 fully saturated rings. The third kappa shape index (κ3) is 3.84. The van der Waals surface area contributed by atoms with E-state index >= 15 is 0 Å². The molecule has 1 saturated carbocycles. The number of carbonyl (C=O) groups is 1. The van der Waals surface area contributed by atoms with E-state index in [4.69, 9.17) is 11.5 Å². The molecule has 2 atom stereocenters. The van der Waals surface area contributed by atoms with Crippen molar-refractivity contribution in [2.45, 2.75) is 37.8 Å². The number of primary amides is 1. The minimum Gasteiger partial charge on any atom is -0.364 e. The summed E-state index contributed by atoms with van der Waals surface area (Å²) in [6.45, 7) is 0. The van der Waals surface area contributed by atoms with Gasteiger partial charge in [0.2, 0.25) is 0 Å². The van der Waals surface area contributed by atoms with Crippen LogP contribution in [0.1, 0.15) is 36.2 Å². The third-order valence-electron chi connectivity index (χ3n) is 4.88. The van der Waals surface area contributed by atoms with E-state index < -0.39 is 5.91 Å². The normalized spacial score (nSPS) is 19.3. The van der Waals surface area contributed by atoms with Crippen LogP contribution in [0.5, 0.6) is 0 Å². The number of aromatic nitrogens is 4. The fourth-order valence-corrected chi connectivity index (χ4v) is 3.43. The topological polar surface area (TPSA) is 145 Å². The van der Waals surface area contributed by atoms with Crippen LogP contribution in [-0.2, 0) is 0 Å². The van der Waals surface area contributed by atoms with Gasteiger partial charge < -0.3 is 22.1 Å². The number of hydrogen-bond donors (Lipinski definition) is 4. The number of rotatable bonds is 5. The summed E-state index contributed by atoms with van der Waals surface area (Å²) < 4.78 is 0. The van der Waals surface area contributed by atoms with Gasteiger partial charge in [-0.2, -0.15) is 0 Å². The highest BCUT2D eigenvalue weighted by atomic mass is 16.1. The van der Waals surface area contributed by atoms with Crippen LogP contribution in [0.3, 0.4) is 0 Å². The summed E-state index contributed by atoms with van der Waals surface area (Å²) in [5.41, 5.74) is 13.0. The highest BCUT2D eigenvalue weighted by Gasteiger charge is 2.23. The van der Waals surface area contributed by atoms with Gasteiger partial charge >= 0.3 is 0 Å². The molecule has 9 heteroatoms. The Kier molecular flexibility index (Phi) is 4.98. The van der Waals surface area contributed by atoms with Gasteiger partial charge in [-0.1, -0.05) is 12.8 Å². The Morgan fingerprint density at radius 3 is 2.82 bits per heavy atom. The number of anilines is 3. The van der Waals surface area contributed by atoms with E-state index in [1.807, 2.05) is 18.2 Å². The molecular weight excluding hydrogens is 356 g/mol. The van der Waals surface area contributed by atoms with Crippen LogP contribution >= 0.6 is 0 Å². The molecule has 0 spiro atoms. The maximum atomic E-state index is 11.8. The third-order valence-corrected chi connectivity index (χ3v) is 4.88. The Morgan fingerprint density at radius 2 is 2.00 bits per heavy atom. The first kappa shape index (κ1) is 18.1. The monoisotopic (exact) mass is 378 g/mol. The smallest absolute Gasteiger partial charge is 0.271 e. The van der Waals surface area contributed by atoms with Crippen LogP contribution in [0.25, 0.3) is 11.0 Å². The molecule has 0 saturated heterocycles. The number of carbonyl (C=O) groups excluding carboxylic acids is 1. The van der Waals surface area contributed by atoms with E-state index in [9.17, 15) is 4.79 Å². The Balaban J connectivity index is 1.62. The molecule has 0 radical (unpaired) electrons. The minimum atomic E-state index is -0.661. The second kappa shape index (κ2) is 7.73. The Labute approximate surface area is 162 Å². The maximum Gasteiger partial charge on any atom is 0.271 e. The lowest BCUT2D eigenvalue weighted by molar-refractivity contribution is 0.0996. The lowest BCUT2D eigenvalue weighted by Crippen LogP contribution is -2.42. The van der Waals surface area contributed by atoms with E-state index in [2.05, 4.69) is 30.6 Å². The van der Waals surface area contributed by atoms with Gasteiger partial charge in [0.25, 0.3) is 5.91 Å². The van der Waals surface area contributed by atoms with Crippen molar-refractivity contribution in [3.63, 3.8) is 0 Å². The summed E-state index contributed by atoms with van der Waals surface area (Å²) in [4.78, 5) is 29.0. The zero-order chi connectivity index (χ0) is 19.5. The average molecular weight is 378 g/mol. The van der Waals surface area contributed by atoms with Crippen molar-refractivity contribution in [2.75, 3.05) is 10.6 Å². The van der Waals surface area contributed by atoms with Crippen LogP contribution in [0, 0.1) is 0 Å². The molecule has 0 aliphatic heterocycles. The van der Waals surface area contributed by atoms with Crippen LogP contribution in [-0.4, -0.2) is 37.9 Å². The lowest BCUT2D eigenvalue weighted by Gasteiger charge is -2.29. The second-order valence-corrected chi connectivity index (χ2v) is 6.91. The standard InChI is InChI=1S/C19H22N8O/c20-13-5-1-2-6-14(13)26-15-10-23-16(17(21)28)19(27-15)25-12-8-11-4-3-7-22-18(11)24-9-12/h3-4,7-10,13-14H,1-2,5-6,20H2,(H2,21,28)(H2,25,26,27)/t13-,14+/m0/s1. The zero-order valence-electron chi connectivity index (χ0n) is 15.3. The molecule has 0 aromatic carbocycles. The number of amides is 1. The molecule has 1 amide bonds. The number of nitrogens with two attached hydrogens (primary N) is 2. The molecule has 0 unspecified atom stereocenters. The number of nitrogens with one attached hydrogen (secondary N) is 2. The molecule has 6 N–H and O–H groups in total. The van der Waals surface area contributed by atoms with Gasteiger partial charge in [0.05, 0.1) is 18.1 Å². The Morgan fingerprint density at radius 1 is 1.14 bits per heavy atom. The van der Waals surface area contributed by atoms with Crippen LogP contribution in [0.15, 0.2) is 36.8 Å². The number of nitrogens with zero attached hydrogens (tertiary/aromatic N) is 4. The van der Waals surface area contributed by atoms with Crippen molar-refractivity contribution in [3.05, 3.63) is 42.5 Å². The van der Waals surface area contributed by atoms with Crippen molar-refractivity contribution in [1.82, 2.24) is 19.9 Å². The van der Waals surface area contributed by atoms with Crippen LogP contribution < -0.4 is 22.1 Å². The highest BCUT2D eigenvalue weighted by Crippen LogP contribution is 2.24. The van der Waals surface area contributed by atoms with Crippen molar-refractivity contribution in [1.29, 1.82) is 0 Å². The summed E-state index contributed by atoms with van der Waals surface area (Å²) >= 11 is 0. The zero-order valence-corrected chi connectivity index (χ0v) is 15.3. The van der Waals surface area contributed by atoms with Crippen molar-refractivity contribution >= 4 is 34.3 Å². The SMILES string of the molecule is NC(=O)c1ncc(N[C@@H]2CCCC[C@@H]2N)nc1Nc1cnc2ncccc2c1. The molecule has 3 aromatic rings. The highest BCUT2D eigenvalue weighted by molar-refractivity contribution is 5.96. The molecule has 28 heavy (non-hydrogen) atoms. The van der Waals surface area contributed by atoms with E-state index in [0.29, 0.717) is 17.2 Å². The first-order chi connectivity index (χ1) is 13.6. The summed E-state index contributed by atoms with van der Waals surface area (Å²) in [6.07, 6.45) is 9.04. The first-order valence-corrected chi connectivity index (χ1v) is 9.27. The quantitative estimate of drug-likeness (QED) is 0.527. The van der Waals surface area contributed by atoms with Crippen molar-refractivity contribution < 1.29 is 4.79 Å². The summed E-state index contributed by atoms with van der Waals surface area (Å²) in [6, 6.07) is 5.81. The minimum absolute atomic E-state index is 0.0600. The second-order valence-electron chi connectivity index (χ2n) is 6.91. The van der Waals surface area contributed by atoms with Crippen LogP contribution in [0.4, 0.5) is 17.3 Å². The van der Waals surface area contributed by atoms with Gasteiger partial charge in [-0.3, -0.25) is 4.79 Å². The van der Waals surface area contributed by atoms with Crippen LogP contribution in [0.2, 0.25) is 0 Å². The largest absolute Gasteiger partial charge is 0.364 e. The van der Waals surface area contributed by atoms with E-state index in [1.165, 1.54) is 6.20 Å². The van der Waals surface area contributed by atoms with Crippen molar-refractivity contribution in [2.24, 2.45) is 11.5 Å². The summed E-state index contributed by atoms with van der Waals surface area (Å²) in [7, 11) is 0. The number of fused-ring (bicyclic) bond motifs is 1.